The van der Waals surface area contributed by atoms with Crippen LogP contribution in [0.2, 0.25) is 0 Å². The highest BCUT2D eigenvalue weighted by Gasteiger charge is 2.31. The van der Waals surface area contributed by atoms with Crippen LogP contribution < -0.4 is 9.47 Å². The standard InChI is InChI=1S/C23H24N4O3S/c28-22(15-31-23-25-24-16-27(23)18-6-2-1-3-7-18)26-11-4-8-19(26)17-9-10-20-21(14-17)30-13-5-12-29-20/h1-3,6-7,9-10,14,16,19H,4-5,8,11-13,15H2. The summed E-state index contributed by atoms with van der Waals surface area (Å²) >= 11 is 1.42. The number of likely N-dealkylation sites (tertiary alicyclic amines) is 1. The third kappa shape index (κ3) is 4.25. The summed E-state index contributed by atoms with van der Waals surface area (Å²) in [6.45, 7) is 2.09. The zero-order chi connectivity index (χ0) is 21.0. The molecule has 2 aromatic carbocycles. The Labute approximate surface area is 185 Å². The first kappa shape index (κ1) is 19.9. The molecule has 0 saturated carbocycles. The molecular formula is C23H24N4O3S. The molecule has 31 heavy (non-hydrogen) atoms. The van der Waals surface area contributed by atoms with Gasteiger partial charge in [0.15, 0.2) is 16.7 Å². The van der Waals surface area contributed by atoms with Crippen LogP contribution in [0.5, 0.6) is 11.5 Å². The summed E-state index contributed by atoms with van der Waals surface area (Å²) in [5.41, 5.74) is 2.08. The third-order valence-electron chi connectivity index (χ3n) is 5.61. The largest absolute Gasteiger partial charge is 0.490 e. The van der Waals surface area contributed by atoms with Gasteiger partial charge in [-0.05, 0) is 42.7 Å². The second kappa shape index (κ2) is 9.01. The molecule has 0 aliphatic carbocycles. The number of carbonyl (C=O) groups excluding carboxylic acids is 1. The monoisotopic (exact) mass is 436 g/mol. The second-order valence-corrected chi connectivity index (χ2v) is 8.55. The van der Waals surface area contributed by atoms with Gasteiger partial charge >= 0.3 is 0 Å². The Morgan fingerprint density at radius 3 is 2.77 bits per heavy atom. The third-order valence-corrected chi connectivity index (χ3v) is 6.53. The molecule has 1 atom stereocenters. The van der Waals surface area contributed by atoms with Gasteiger partial charge in [0.1, 0.15) is 6.33 Å². The Balaban J connectivity index is 1.28. The van der Waals surface area contributed by atoms with Crippen LogP contribution >= 0.6 is 11.8 Å². The lowest BCUT2D eigenvalue weighted by molar-refractivity contribution is -0.129. The van der Waals surface area contributed by atoms with Crippen LogP contribution in [0.1, 0.15) is 30.9 Å². The zero-order valence-corrected chi connectivity index (χ0v) is 18.0. The van der Waals surface area contributed by atoms with Crippen LogP contribution in [-0.4, -0.2) is 51.1 Å². The van der Waals surface area contributed by atoms with E-state index < -0.39 is 0 Å². The van der Waals surface area contributed by atoms with E-state index in [0.29, 0.717) is 24.1 Å². The molecule has 1 amide bonds. The van der Waals surface area contributed by atoms with Crippen LogP contribution in [0.4, 0.5) is 0 Å². The van der Waals surface area contributed by atoms with Crippen molar-refractivity contribution < 1.29 is 14.3 Å². The summed E-state index contributed by atoms with van der Waals surface area (Å²) in [6.07, 6.45) is 4.51. The Morgan fingerprint density at radius 2 is 1.90 bits per heavy atom. The fourth-order valence-electron chi connectivity index (χ4n) is 4.10. The highest BCUT2D eigenvalue weighted by molar-refractivity contribution is 7.99. The van der Waals surface area contributed by atoms with Crippen LogP contribution in [0, 0.1) is 0 Å². The lowest BCUT2D eigenvalue weighted by Gasteiger charge is -2.25. The number of aromatic nitrogens is 3. The smallest absolute Gasteiger partial charge is 0.233 e. The number of carbonyl (C=O) groups is 1. The summed E-state index contributed by atoms with van der Waals surface area (Å²) in [4.78, 5) is 15.1. The Hall–Kier alpha value is -3.00. The molecule has 160 valence electrons. The topological polar surface area (TPSA) is 69.5 Å². The van der Waals surface area contributed by atoms with Crippen molar-refractivity contribution in [3.8, 4) is 17.2 Å². The molecule has 5 rings (SSSR count). The summed E-state index contributed by atoms with van der Waals surface area (Å²) < 4.78 is 13.5. The highest BCUT2D eigenvalue weighted by Crippen LogP contribution is 2.38. The molecule has 0 bridgehead atoms. The van der Waals surface area contributed by atoms with Crippen molar-refractivity contribution >= 4 is 17.7 Å². The Kier molecular flexibility index (Phi) is 5.80. The first-order valence-electron chi connectivity index (χ1n) is 10.6. The van der Waals surface area contributed by atoms with Crippen LogP contribution in [-0.2, 0) is 4.79 Å². The van der Waals surface area contributed by atoms with Crippen molar-refractivity contribution in [1.82, 2.24) is 19.7 Å². The SMILES string of the molecule is O=C(CSc1nncn1-c1ccccc1)N1CCCC1c1ccc2c(c1)OCCCO2. The summed E-state index contributed by atoms with van der Waals surface area (Å²) in [6, 6.07) is 16.0. The summed E-state index contributed by atoms with van der Waals surface area (Å²) in [5, 5.41) is 8.94. The average molecular weight is 437 g/mol. The Bertz CT molecular complexity index is 1060. The fourth-order valence-corrected chi connectivity index (χ4v) is 4.91. The molecule has 1 unspecified atom stereocenters. The van der Waals surface area contributed by atoms with Crippen molar-refractivity contribution in [3.63, 3.8) is 0 Å². The molecule has 2 aliphatic heterocycles. The fraction of sp³-hybridized carbons (Fsp3) is 0.348. The van der Waals surface area contributed by atoms with E-state index in [0.717, 1.165) is 48.6 Å². The number of amides is 1. The molecule has 1 saturated heterocycles. The average Bonchev–Trinajstić information content (AvgIpc) is 3.43. The van der Waals surface area contributed by atoms with E-state index in [1.54, 1.807) is 6.33 Å². The predicted molar refractivity (Wildman–Crippen MR) is 118 cm³/mol. The number of thioether (sulfide) groups is 1. The van der Waals surface area contributed by atoms with Gasteiger partial charge in [0.2, 0.25) is 5.91 Å². The van der Waals surface area contributed by atoms with Gasteiger partial charge in [-0.15, -0.1) is 10.2 Å². The van der Waals surface area contributed by atoms with Crippen LogP contribution in [0.15, 0.2) is 60.0 Å². The normalized spacial score (nSPS) is 18.1. The van der Waals surface area contributed by atoms with Crippen LogP contribution in [0.25, 0.3) is 5.69 Å². The highest BCUT2D eigenvalue weighted by atomic mass is 32.2. The second-order valence-electron chi connectivity index (χ2n) is 7.61. The predicted octanol–water partition coefficient (Wildman–Crippen LogP) is 3.88. The summed E-state index contributed by atoms with van der Waals surface area (Å²) in [7, 11) is 0. The molecular weight excluding hydrogens is 412 g/mol. The number of hydrogen-bond donors (Lipinski definition) is 0. The first-order valence-corrected chi connectivity index (χ1v) is 11.6. The van der Waals surface area contributed by atoms with Crippen molar-refractivity contribution in [2.24, 2.45) is 0 Å². The molecule has 3 heterocycles. The van der Waals surface area contributed by atoms with Gasteiger partial charge in [-0.2, -0.15) is 0 Å². The molecule has 3 aromatic rings. The van der Waals surface area contributed by atoms with Crippen molar-refractivity contribution in [2.45, 2.75) is 30.5 Å². The van der Waals surface area contributed by atoms with Crippen molar-refractivity contribution in [2.75, 3.05) is 25.5 Å². The van der Waals surface area contributed by atoms with E-state index in [1.807, 2.05) is 51.9 Å². The number of fused-ring (bicyclic) bond motifs is 1. The van der Waals surface area contributed by atoms with Crippen LogP contribution in [0.3, 0.4) is 0 Å². The zero-order valence-electron chi connectivity index (χ0n) is 17.1. The lowest BCUT2D eigenvalue weighted by Crippen LogP contribution is -2.32. The first-order chi connectivity index (χ1) is 15.3. The van der Waals surface area contributed by atoms with E-state index in [1.165, 1.54) is 11.8 Å². The number of hydrogen-bond acceptors (Lipinski definition) is 6. The number of nitrogens with zero attached hydrogens (tertiary/aromatic N) is 4. The minimum Gasteiger partial charge on any atom is -0.490 e. The van der Waals surface area contributed by atoms with E-state index in [-0.39, 0.29) is 11.9 Å². The van der Waals surface area contributed by atoms with E-state index in [2.05, 4.69) is 16.3 Å². The van der Waals surface area contributed by atoms with Gasteiger partial charge in [0.05, 0.1) is 25.0 Å². The molecule has 2 aliphatic rings. The number of para-hydroxylation sites is 1. The van der Waals surface area contributed by atoms with E-state index >= 15 is 0 Å². The number of ether oxygens (including phenoxy) is 2. The quantitative estimate of drug-likeness (QED) is 0.566. The molecule has 0 spiro atoms. The van der Waals surface area contributed by atoms with Gasteiger partial charge in [-0.1, -0.05) is 36.0 Å². The minimum atomic E-state index is 0.0669. The molecule has 1 aromatic heterocycles. The van der Waals surface area contributed by atoms with Gasteiger partial charge in [-0.3, -0.25) is 9.36 Å². The van der Waals surface area contributed by atoms with E-state index in [9.17, 15) is 4.79 Å². The summed E-state index contributed by atoms with van der Waals surface area (Å²) in [5.74, 6) is 2.00. The van der Waals surface area contributed by atoms with Crippen molar-refractivity contribution in [3.05, 3.63) is 60.4 Å². The molecule has 0 radical (unpaired) electrons. The van der Waals surface area contributed by atoms with Gasteiger partial charge in [0, 0.05) is 18.7 Å². The Morgan fingerprint density at radius 1 is 1.06 bits per heavy atom. The molecule has 0 N–H and O–H groups in total. The van der Waals surface area contributed by atoms with Gasteiger partial charge in [-0.25, -0.2) is 0 Å². The van der Waals surface area contributed by atoms with Gasteiger partial charge < -0.3 is 14.4 Å². The maximum Gasteiger partial charge on any atom is 0.233 e. The molecule has 8 heteroatoms. The van der Waals surface area contributed by atoms with E-state index in [4.69, 9.17) is 9.47 Å². The molecule has 7 nitrogen and oxygen atoms in total. The maximum absolute atomic E-state index is 13.1. The number of benzene rings is 2. The minimum absolute atomic E-state index is 0.0669. The lowest BCUT2D eigenvalue weighted by atomic mass is 10.0. The number of rotatable bonds is 5. The van der Waals surface area contributed by atoms with Crippen molar-refractivity contribution in [1.29, 1.82) is 0 Å². The molecule has 1 fully saturated rings. The van der Waals surface area contributed by atoms with Gasteiger partial charge in [0.25, 0.3) is 0 Å². The maximum atomic E-state index is 13.1.